The van der Waals surface area contributed by atoms with Crippen molar-refractivity contribution in [2.24, 2.45) is 5.73 Å². The van der Waals surface area contributed by atoms with E-state index in [1.54, 1.807) is 12.1 Å². The molecule has 1 aromatic carbocycles. The number of carbonyl (C=O) groups is 5. The summed E-state index contributed by atoms with van der Waals surface area (Å²) in [5, 5.41) is 5.18. The molecule has 5 amide bonds. The van der Waals surface area contributed by atoms with Gasteiger partial charge in [-0.1, -0.05) is 6.07 Å². The van der Waals surface area contributed by atoms with E-state index in [2.05, 4.69) is 15.4 Å². The molecule has 0 saturated carbocycles. The normalized spacial score (nSPS) is 18.5. The number of fused-ring (bicyclic) bond motifs is 1. The molecule has 154 valence electrons. The first kappa shape index (κ1) is 20.3. The average Bonchev–Trinajstić information content (AvgIpc) is 2.92. The van der Waals surface area contributed by atoms with Crippen LogP contribution in [0.25, 0.3) is 0 Å². The number of amides is 5. The van der Waals surface area contributed by atoms with Gasteiger partial charge in [-0.25, -0.2) is 4.79 Å². The minimum atomic E-state index is -1.01. The second-order valence-corrected chi connectivity index (χ2v) is 6.38. The van der Waals surface area contributed by atoms with Crippen molar-refractivity contribution in [1.82, 2.24) is 10.2 Å². The number of ether oxygens (including phenoxy) is 2. The first-order chi connectivity index (χ1) is 13.9. The highest BCUT2D eigenvalue weighted by Crippen LogP contribution is 2.32. The first-order valence-corrected chi connectivity index (χ1v) is 8.98. The molecule has 4 N–H and O–H groups in total. The fourth-order valence-corrected chi connectivity index (χ4v) is 3.22. The Bertz CT molecular complexity index is 870. The van der Waals surface area contributed by atoms with Gasteiger partial charge in [0.1, 0.15) is 12.6 Å². The van der Waals surface area contributed by atoms with Crippen molar-refractivity contribution in [3.8, 4) is 0 Å². The predicted octanol–water partition coefficient (Wildman–Crippen LogP) is -0.388. The maximum absolute atomic E-state index is 12.9. The molecule has 0 radical (unpaired) electrons. The van der Waals surface area contributed by atoms with Crippen molar-refractivity contribution in [2.45, 2.75) is 18.9 Å². The lowest BCUT2D eigenvalue weighted by Gasteiger charge is -2.27. The molecule has 1 saturated heterocycles. The number of benzene rings is 1. The number of anilines is 1. The van der Waals surface area contributed by atoms with Gasteiger partial charge in [-0.3, -0.25) is 29.4 Å². The van der Waals surface area contributed by atoms with Gasteiger partial charge in [0.25, 0.3) is 11.8 Å². The maximum atomic E-state index is 12.9. The van der Waals surface area contributed by atoms with E-state index in [4.69, 9.17) is 10.5 Å². The van der Waals surface area contributed by atoms with Gasteiger partial charge in [0, 0.05) is 18.7 Å². The lowest BCUT2D eigenvalue weighted by molar-refractivity contribution is -0.136. The molecule has 0 aromatic heterocycles. The molecule has 1 unspecified atom stereocenters. The van der Waals surface area contributed by atoms with Crippen LogP contribution in [0.4, 0.5) is 10.5 Å². The van der Waals surface area contributed by atoms with E-state index < -0.39 is 35.8 Å². The standard InChI is InChI=1S/C18H20N4O7/c19-18(27)29-9-8-28-7-6-20-11-3-1-2-10-14(11)17(26)22(16(10)25)12-4-5-13(23)21-15(12)24/h1-3,12,20H,4-9H2,(H2,19,27)(H,21,23,24). The molecule has 0 aliphatic carbocycles. The summed E-state index contributed by atoms with van der Waals surface area (Å²) in [5.74, 6) is -2.23. The van der Waals surface area contributed by atoms with E-state index in [0.717, 1.165) is 4.90 Å². The number of carbonyl (C=O) groups excluding carboxylic acids is 5. The van der Waals surface area contributed by atoms with E-state index in [-0.39, 0.29) is 43.8 Å². The third-order valence-electron chi connectivity index (χ3n) is 4.50. The summed E-state index contributed by atoms with van der Waals surface area (Å²) in [7, 11) is 0. The highest BCUT2D eigenvalue weighted by Gasteiger charge is 2.45. The zero-order valence-corrected chi connectivity index (χ0v) is 15.4. The van der Waals surface area contributed by atoms with E-state index in [1.807, 2.05) is 0 Å². The van der Waals surface area contributed by atoms with Crippen LogP contribution in [0.1, 0.15) is 33.6 Å². The van der Waals surface area contributed by atoms with Crippen LogP contribution in [0.15, 0.2) is 18.2 Å². The Hall–Kier alpha value is -3.47. The van der Waals surface area contributed by atoms with Crippen LogP contribution in [-0.2, 0) is 19.1 Å². The number of rotatable bonds is 8. The highest BCUT2D eigenvalue weighted by atomic mass is 16.6. The van der Waals surface area contributed by atoms with Crippen LogP contribution in [0.3, 0.4) is 0 Å². The topological polar surface area (TPSA) is 157 Å². The maximum Gasteiger partial charge on any atom is 0.404 e. The Morgan fingerprint density at radius 3 is 2.69 bits per heavy atom. The molecule has 1 atom stereocenters. The molecule has 0 bridgehead atoms. The van der Waals surface area contributed by atoms with Gasteiger partial charge in [-0.05, 0) is 18.6 Å². The van der Waals surface area contributed by atoms with Crippen LogP contribution >= 0.6 is 0 Å². The minimum Gasteiger partial charge on any atom is -0.447 e. The van der Waals surface area contributed by atoms with E-state index >= 15 is 0 Å². The number of primary amides is 1. The number of imide groups is 2. The summed E-state index contributed by atoms with van der Waals surface area (Å²) in [6.45, 7) is 0.778. The predicted molar refractivity (Wildman–Crippen MR) is 98.0 cm³/mol. The molecular formula is C18H20N4O7. The summed E-state index contributed by atoms with van der Waals surface area (Å²) in [6, 6.07) is 3.78. The van der Waals surface area contributed by atoms with Crippen LogP contribution in [0.5, 0.6) is 0 Å². The monoisotopic (exact) mass is 404 g/mol. The van der Waals surface area contributed by atoms with Gasteiger partial charge in [0.2, 0.25) is 11.8 Å². The Morgan fingerprint density at radius 2 is 1.97 bits per heavy atom. The van der Waals surface area contributed by atoms with Crippen LogP contribution in [0, 0.1) is 0 Å². The molecule has 11 heteroatoms. The SMILES string of the molecule is NC(=O)OCCOCCNc1cccc2c1C(=O)N(C1CCC(=O)NC1=O)C2=O. The molecule has 1 aromatic rings. The summed E-state index contributed by atoms with van der Waals surface area (Å²) in [6.07, 6.45) is -0.721. The molecular weight excluding hydrogens is 384 g/mol. The Kier molecular flexibility index (Phi) is 6.07. The largest absolute Gasteiger partial charge is 0.447 e. The summed E-state index contributed by atoms with van der Waals surface area (Å²) < 4.78 is 9.80. The fourth-order valence-electron chi connectivity index (χ4n) is 3.22. The number of nitrogens with one attached hydrogen (secondary N) is 2. The molecule has 1 fully saturated rings. The van der Waals surface area contributed by atoms with E-state index in [1.165, 1.54) is 6.07 Å². The number of nitrogens with two attached hydrogens (primary N) is 1. The van der Waals surface area contributed by atoms with E-state index in [9.17, 15) is 24.0 Å². The van der Waals surface area contributed by atoms with Crippen LogP contribution in [0.2, 0.25) is 0 Å². The summed E-state index contributed by atoms with van der Waals surface area (Å²) >= 11 is 0. The molecule has 3 rings (SSSR count). The van der Waals surface area contributed by atoms with Crippen molar-refractivity contribution < 1.29 is 33.4 Å². The van der Waals surface area contributed by atoms with Crippen molar-refractivity contribution in [1.29, 1.82) is 0 Å². The minimum absolute atomic E-state index is 0.0317. The Labute approximate surface area is 165 Å². The molecule has 2 aliphatic heterocycles. The van der Waals surface area contributed by atoms with Gasteiger partial charge in [0.15, 0.2) is 0 Å². The zero-order chi connectivity index (χ0) is 21.0. The second kappa shape index (κ2) is 8.69. The van der Waals surface area contributed by atoms with Gasteiger partial charge < -0.3 is 20.5 Å². The number of hydrogen-bond donors (Lipinski definition) is 3. The smallest absolute Gasteiger partial charge is 0.404 e. The third kappa shape index (κ3) is 4.35. The lowest BCUT2D eigenvalue weighted by atomic mass is 10.0. The van der Waals surface area contributed by atoms with E-state index in [0.29, 0.717) is 12.2 Å². The van der Waals surface area contributed by atoms with Crippen molar-refractivity contribution >= 4 is 35.4 Å². The van der Waals surface area contributed by atoms with Gasteiger partial charge in [-0.15, -0.1) is 0 Å². The van der Waals surface area contributed by atoms with Gasteiger partial charge in [-0.2, -0.15) is 0 Å². The number of nitrogens with zero attached hydrogens (tertiary/aromatic N) is 1. The van der Waals surface area contributed by atoms with Crippen molar-refractivity contribution in [3.63, 3.8) is 0 Å². The first-order valence-electron chi connectivity index (χ1n) is 8.98. The second-order valence-electron chi connectivity index (χ2n) is 6.38. The Balaban J connectivity index is 1.63. The Morgan fingerprint density at radius 1 is 1.17 bits per heavy atom. The van der Waals surface area contributed by atoms with Gasteiger partial charge in [0.05, 0.1) is 24.3 Å². The lowest BCUT2D eigenvalue weighted by Crippen LogP contribution is -2.54. The van der Waals surface area contributed by atoms with Crippen molar-refractivity contribution in [3.05, 3.63) is 29.3 Å². The molecule has 0 spiro atoms. The quantitative estimate of drug-likeness (QED) is 0.390. The number of piperidine rings is 1. The highest BCUT2D eigenvalue weighted by molar-refractivity contribution is 6.25. The van der Waals surface area contributed by atoms with Crippen molar-refractivity contribution in [2.75, 3.05) is 31.7 Å². The molecule has 29 heavy (non-hydrogen) atoms. The fraction of sp³-hybridized carbons (Fsp3) is 0.389. The summed E-state index contributed by atoms with van der Waals surface area (Å²) in [4.78, 5) is 60.4. The average molecular weight is 404 g/mol. The molecule has 11 nitrogen and oxygen atoms in total. The molecule has 2 heterocycles. The zero-order valence-electron chi connectivity index (χ0n) is 15.4. The van der Waals surface area contributed by atoms with Gasteiger partial charge >= 0.3 is 6.09 Å². The van der Waals surface area contributed by atoms with Crippen LogP contribution < -0.4 is 16.4 Å². The van der Waals surface area contributed by atoms with Crippen LogP contribution in [-0.4, -0.2) is 67.0 Å². The summed E-state index contributed by atoms with van der Waals surface area (Å²) in [5.41, 5.74) is 5.64. The number of hydrogen-bond acceptors (Lipinski definition) is 8. The molecule has 2 aliphatic rings. The third-order valence-corrected chi connectivity index (χ3v) is 4.50.